The van der Waals surface area contributed by atoms with Crippen molar-refractivity contribution >= 4 is 16.7 Å². The van der Waals surface area contributed by atoms with Crippen LogP contribution in [0.15, 0.2) is 24.3 Å². The van der Waals surface area contributed by atoms with Crippen molar-refractivity contribution in [3.8, 4) is 5.75 Å². The summed E-state index contributed by atoms with van der Waals surface area (Å²) in [6.45, 7) is 2.64. The molecule has 0 fully saturated rings. The van der Waals surface area contributed by atoms with E-state index in [4.69, 9.17) is 10.5 Å². The Labute approximate surface area is 114 Å². The van der Waals surface area contributed by atoms with Gasteiger partial charge in [-0.3, -0.25) is 0 Å². The third kappa shape index (κ3) is 3.31. The number of benzene rings is 1. The number of halogens is 3. The van der Waals surface area contributed by atoms with Gasteiger partial charge in [-0.05, 0) is 35.7 Å². The Morgan fingerprint density at radius 1 is 1.25 bits per heavy atom. The van der Waals surface area contributed by atoms with Crippen molar-refractivity contribution in [3.63, 3.8) is 0 Å². The number of anilines is 1. The summed E-state index contributed by atoms with van der Waals surface area (Å²) < 4.78 is 41.1. The molecule has 0 unspecified atom stereocenters. The number of fused-ring (bicyclic) bond motifs is 1. The molecule has 1 aromatic carbocycles. The molecule has 3 nitrogen and oxygen atoms in total. The Kier molecular flexibility index (Phi) is 3.74. The summed E-state index contributed by atoms with van der Waals surface area (Å²) in [5, 5.41) is 0.711. The second kappa shape index (κ2) is 5.19. The van der Waals surface area contributed by atoms with Crippen molar-refractivity contribution in [2.75, 3.05) is 12.3 Å². The van der Waals surface area contributed by atoms with Gasteiger partial charge in [-0.1, -0.05) is 13.8 Å². The third-order valence-corrected chi connectivity index (χ3v) is 2.87. The minimum absolute atomic E-state index is 0.163. The van der Waals surface area contributed by atoms with Gasteiger partial charge in [0.2, 0.25) is 0 Å². The highest BCUT2D eigenvalue weighted by atomic mass is 19.4. The van der Waals surface area contributed by atoms with Crippen LogP contribution in [0, 0.1) is 0 Å². The van der Waals surface area contributed by atoms with E-state index >= 15 is 0 Å². The Morgan fingerprint density at radius 2 is 1.95 bits per heavy atom. The molecule has 2 aromatic rings. The van der Waals surface area contributed by atoms with E-state index in [0.717, 1.165) is 5.56 Å². The fourth-order valence-electron chi connectivity index (χ4n) is 1.90. The predicted octanol–water partition coefficient (Wildman–Crippen LogP) is 3.88. The number of nitrogens with two attached hydrogens (primary N) is 1. The molecule has 1 aromatic heterocycles. The summed E-state index contributed by atoms with van der Waals surface area (Å²) in [5.74, 6) is 0.791. The second-order valence-corrected chi connectivity index (χ2v) is 4.88. The van der Waals surface area contributed by atoms with E-state index < -0.39 is 12.8 Å². The minimum atomic E-state index is -4.35. The fourth-order valence-corrected chi connectivity index (χ4v) is 1.90. The van der Waals surface area contributed by atoms with Gasteiger partial charge in [-0.25, -0.2) is 4.98 Å². The van der Waals surface area contributed by atoms with Crippen molar-refractivity contribution in [1.29, 1.82) is 0 Å². The number of nitrogen functional groups attached to an aromatic ring is 1. The van der Waals surface area contributed by atoms with Crippen LogP contribution in [0.25, 0.3) is 10.9 Å². The van der Waals surface area contributed by atoms with Crippen LogP contribution in [-0.2, 0) is 0 Å². The van der Waals surface area contributed by atoms with E-state index in [1.165, 1.54) is 6.07 Å². The first-order chi connectivity index (χ1) is 9.26. The van der Waals surface area contributed by atoms with Crippen LogP contribution in [0.3, 0.4) is 0 Å². The largest absolute Gasteiger partial charge is 0.484 e. The smallest absolute Gasteiger partial charge is 0.422 e. The van der Waals surface area contributed by atoms with Crippen LogP contribution in [0.2, 0.25) is 0 Å². The number of pyridine rings is 1. The zero-order valence-electron chi connectivity index (χ0n) is 11.2. The normalized spacial score (nSPS) is 12.1. The number of hydrogen-bond donors (Lipinski definition) is 1. The lowest BCUT2D eigenvalue weighted by atomic mass is 10.0. The molecule has 0 spiro atoms. The fraction of sp³-hybridized carbons (Fsp3) is 0.357. The number of aromatic nitrogens is 1. The zero-order chi connectivity index (χ0) is 14.9. The van der Waals surface area contributed by atoms with E-state index in [-0.39, 0.29) is 11.7 Å². The molecule has 6 heteroatoms. The molecular formula is C14H15F3N2O. The average Bonchev–Trinajstić information content (AvgIpc) is 2.34. The van der Waals surface area contributed by atoms with E-state index in [1.807, 2.05) is 19.9 Å². The average molecular weight is 284 g/mol. The van der Waals surface area contributed by atoms with Gasteiger partial charge in [0.15, 0.2) is 6.61 Å². The van der Waals surface area contributed by atoms with E-state index in [0.29, 0.717) is 16.7 Å². The summed E-state index contributed by atoms with van der Waals surface area (Å²) in [6, 6.07) is 6.43. The molecule has 2 N–H and O–H groups in total. The highest BCUT2D eigenvalue weighted by Gasteiger charge is 2.28. The number of hydrogen-bond acceptors (Lipinski definition) is 3. The van der Waals surface area contributed by atoms with Crippen LogP contribution in [0.5, 0.6) is 5.75 Å². The maximum Gasteiger partial charge on any atom is 0.422 e. The van der Waals surface area contributed by atoms with Crippen molar-refractivity contribution in [1.82, 2.24) is 4.98 Å². The first kappa shape index (κ1) is 14.4. The number of nitrogens with zero attached hydrogens (tertiary/aromatic N) is 1. The monoisotopic (exact) mass is 284 g/mol. The lowest BCUT2D eigenvalue weighted by Crippen LogP contribution is -2.19. The first-order valence-corrected chi connectivity index (χ1v) is 6.16. The molecule has 0 aliphatic heterocycles. The van der Waals surface area contributed by atoms with Crippen LogP contribution in [0.4, 0.5) is 19.0 Å². The highest BCUT2D eigenvalue weighted by Crippen LogP contribution is 2.28. The summed E-state index contributed by atoms with van der Waals surface area (Å²) in [7, 11) is 0. The number of rotatable bonds is 3. The minimum Gasteiger partial charge on any atom is -0.484 e. The standard InChI is InChI=1S/C14H15F3N2O/c1-8(2)11-6-9-5-10(20-7-14(15,16)17)3-4-12(9)19-13(11)18/h3-6,8H,7H2,1-2H3,(H2,18,19). The topological polar surface area (TPSA) is 48.1 Å². The molecule has 0 radical (unpaired) electrons. The molecule has 0 aliphatic rings. The van der Waals surface area contributed by atoms with Gasteiger partial charge in [0.1, 0.15) is 11.6 Å². The molecule has 0 amide bonds. The summed E-state index contributed by atoms with van der Waals surface area (Å²) in [4.78, 5) is 4.25. The maximum atomic E-state index is 12.1. The lowest BCUT2D eigenvalue weighted by Gasteiger charge is -2.12. The molecule has 20 heavy (non-hydrogen) atoms. The molecule has 0 aliphatic carbocycles. The first-order valence-electron chi connectivity index (χ1n) is 6.16. The zero-order valence-corrected chi connectivity index (χ0v) is 11.2. The van der Waals surface area contributed by atoms with Crippen LogP contribution >= 0.6 is 0 Å². The summed E-state index contributed by atoms with van der Waals surface area (Å²) >= 11 is 0. The quantitative estimate of drug-likeness (QED) is 0.930. The number of ether oxygens (including phenoxy) is 1. The molecule has 108 valence electrons. The van der Waals surface area contributed by atoms with Gasteiger partial charge in [0.25, 0.3) is 0 Å². The Hall–Kier alpha value is -1.98. The van der Waals surface area contributed by atoms with Crippen molar-refractivity contribution < 1.29 is 17.9 Å². The van der Waals surface area contributed by atoms with E-state index in [1.54, 1.807) is 12.1 Å². The predicted molar refractivity (Wildman–Crippen MR) is 71.8 cm³/mol. The SMILES string of the molecule is CC(C)c1cc2cc(OCC(F)(F)F)ccc2nc1N. The second-order valence-electron chi connectivity index (χ2n) is 4.88. The Bertz CT molecular complexity index is 624. The van der Waals surface area contributed by atoms with Gasteiger partial charge >= 0.3 is 6.18 Å². The Balaban J connectivity index is 2.35. The molecule has 0 saturated carbocycles. The van der Waals surface area contributed by atoms with Crippen LogP contribution in [0.1, 0.15) is 25.3 Å². The van der Waals surface area contributed by atoms with Crippen LogP contribution in [-0.4, -0.2) is 17.8 Å². The molecular weight excluding hydrogens is 269 g/mol. The van der Waals surface area contributed by atoms with E-state index in [9.17, 15) is 13.2 Å². The van der Waals surface area contributed by atoms with E-state index in [2.05, 4.69) is 4.98 Å². The van der Waals surface area contributed by atoms with Crippen LogP contribution < -0.4 is 10.5 Å². The van der Waals surface area contributed by atoms with Gasteiger partial charge < -0.3 is 10.5 Å². The van der Waals surface area contributed by atoms with Crippen molar-refractivity contribution in [2.45, 2.75) is 25.9 Å². The third-order valence-electron chi connectivity index (χ3n) is 2.87. The Morgan fingerprint density at radius 3 is 2.55 bits per heavy atom. The lowest BCUT2D eigenvalue weighted by molar-refractivity contribution is -0.153. The molecule has 2 rings (SSSR count). The van der Waals surface area contributed by atoms with Gasteiger partial charge in [-0.15, -0.1) is 0 Å². The van der Waals surface area contributed by atoms with Gasteiger partial charge in [-0.2, -0.15) is 13.2 Å². The number of alkyl halides is 3. The van der Waals surface area contributed by atoms with Crippen molar-refractivity contribution in [2.24, 2.45) is 0 Å². The maximum absolute atomic E-state index is 12.1. The molecule has 0 bridgehead atoms. The van der Waals surface area contributed by atoms with Gasteiger partial charge in [0.05, 0.1) is 5.52 Å². The van der Waals surface area contributed by atoms with Crippen molar-refractivity contribution in [3.05, 3.63) is 29.8 Å². The summed E-state index contributed by atoms with van der Waals surface area (Å²) in [6.07, 6.45) is -4.35. The van der Waals surface area contributed by atoms with Gasteiger partial charge in [0, 0.05) is 5.39 Å². The summed E-state index contributed by atoms with van der Waals surface area (Å²) in [5.41, 5.74) is 7.35. The molecule has 1 heterocycles. The highest BCUT2D eigenvalue weighted by molar-refractivity contribution is 5.83. The molecule has 0 saturated heterocycles. The molecule has 0 atom stereocenters.